The number of carbonyl (C=O) groups excluding carboxylic acids is 1. The van der Waals surface area contributed by atoms with E-state index in [2.05, 4.69) is 15.3 Å². The van der Waals surface area contributed by atoms with Gasteiger partial charge in [-0.05, 0) is 24.6 Å². The first-order valence-corrected chi connectivity index (χ1v) is 11.3. The first-order chi connectivity index (χ1) is 15.8. The lowest BCUT2D eigenvalue weighted by molar-refractivity contribution is -0.115. The number of aromatic amines is 1. The zero-order valence-electron chi connectivity index (χ0n) is 18.7. The number of thioether (sulfide) groups is 1. The van der Waals surface area contributed by atoms with Crippen LogP contribution in [0.3, 0.4) is 0 Å². The minimum absolute atomic E-state index is 0.135. The summed E-state index contributed by atoms with van der Waals surface area (Å²) in [5, 5.41) is 3.89. The van der Waals surface area contributed by atoms with Gasteiger partial charge in [-0.15, -0.1) is 0 Å². The van der Waals surface area contributed by atoms with Gasteiger partial charge in [0.15, 0.2) is 16.7 Å². The van der Waals surface area contributed by atoms with E-state index in [4.69, 9.17) is 25.8 Å². The van der Waals surface area contributed by atoms with Crippen LogP contribution in [0.4, 0.5) is 5.69 Å². The normalized spacial score (nSPS) is 10.6. The minimum atomic E-state index is -0.376. The Balaban J connectivity index is 1.72. The van der Waals surface area contributed by atoms with Gasteiger partial charge in [-0.25, -0.2) is 4.98 Å². The van der Waals surface area contributed by atoms with E-state index in [1.165, 1.54) is 33.1 Å². The van der Waals surface area contributed by atoms with Gasteiger partial charge in [0.1, 0.15) is 0 Å². The fourth-order valence-corrected chi connectivity index (χ4v) is 4.22. The summed E-state index contributed by atoms with van der Waals surface area (Å²) in [6.07, 6.45) is -0.135. The monoisotopic (exact) mass is 489 g/mol. The standard InChI is InChI=1S/C23H24ClN3O5S/c1-13-17(22(29)27-23(25-13)33-12-14-6-5-7-15(24)8-14)11-20(28)26-16-9-18(30-2)21(32-4)19(10-16)31-3/h5-10H,11-12H2,1-4H3,(H,26,28)(H,25,27,29). The van der Waals surface area contributed by atoms with Gasteiger partial charge in [0.05, 0.1) is 27.8 Å². The van der Waals surface area contributed by atoms with Crippen LogP contribution in [-0.4, -0.2) is 37.2 Å². The van der Waals surface area contributed by atoms with Crippen LogP contribution in [0.1, 0.15) is 16.8 Å². The number of rotatable bonds is 9. The number of aromatic nitrogens is 2. The Morgan fingerprint density at radius 3 is 2.39 bits per heavy atom. The van der Waals surface area contributed by atoms with Gasteiger partial charge < -0.3 is 24.5 Å². The SMILES string of the molecule is COc1cc(NC(=O)Cc2c(C)nc(SCc3cccc(Cl)c3)[nH]c2=O)cc(OC)c1OC. The number of benzene rings is 2. The van der Waals surface area contributed by atoms with Crippen molar-refractivity contribution < 1.29 is 19.0 Å². The highest BCUT2D eigenvalue weighted by molar-refractivity contribution is 7.98. The number of aryl methyl sites for hydroxylation is 1. The van der Waals surface area contributed by atoms with Crippen LogP contribution in [0.5, 0.6) is 17.2 Å². The van der Waals surface area contributed by atoms with Gasteiger partial charge in [-0.3, -0.25) is 9.59 Å². The first kappa shape index (κ1) is 24.5. The molecule has 174 valence electrons. The number of hydrogen-bond acceptors (Lipinski definition) is 7. The first-order valence-electron chi connectivity index (χ1n) is 9.91. The van der Waals surface area contributed by atoms with Gasteiger partial charge in [-0.1, -0.05) is 35.5 Å². The molecule has 0 aliphatic heterocycles. The molecule has 33 heavy (non-hydrogen) atoms. The Kier molecular flexibility index (Phi) is 8.24. The van der Waals surface area contributed by atoms with Crippen LogP contribution in [0.2, 0.25) is 5.02 Å². The highest BCUT2D eigenvalue weighted by Crippen LogP contribution is 2.39. The molecule has 0 atom stereocenters. The van der Waals surface area contributed by atoms with Crippen molar-refractivity contribution in [2.45, 2.75) is 24.3 Å². The summed E-state index contributed by atoms with van der Waals surface area (Å²) < 4.78 is 15.9. The molecule has 0 radical (unpaired) electrons. The number of methoxy groups -OCH3 is 3. The molecule has 1 heterocycles. The molecule has 3 aromatic rings. The molecule has 0 unspecified atom stereocenters. The average molecular weight is 490 g/mol. The molecule has 10 heteroatoms. The molecule has 0 saturated heterocycles. The Hall–Kier alpha value is -3.17. The van der Waals surface area contributed by atoms with Gasteiger partial charge in [-0.2, -0.15) is 0 Å². The van der Waals surface area contributed by atoms with Crippen LogP contribution in [0, 0.1) is 6.92 Å². The van der Waals surface area contributed by atoms with Crippen LogP contribution in [-0.2, 0) is 17.0 Å². The predicted molar refractivity (Wildman–Crippen MR) is 129 cm³/mol. The number of ether oxygens (including phenoxy) is 3. The van der Waals surface area contributed by atoms with Gasteiger partial charge >= 0.3 is 0 Å². The van der Waals surface area contributed by atoms with Gasteiger partial charge in [0.25, 0.3) is 5.56 Å². The summed E-state index contributed by atoms with van der Waals surface area (Å²) in [7, 11) is 4.48. The molecule has 0 spiro atoms. The van der Waals surface area contributed by atoms with E-state index in [0.717, 1.165) is 5.56 Å². The summed E-state index contributed by atoms with van der Waals surface area (Å²) in [5.41, 5.74) is 1.91. The maximum atomic E-state index is 12.6. The van der Waals surface area contributed by atoms with Crippen LogP contribution in [0.25, 0.3) is 0 Å². The number of H-pyrrole nitrogens is 1. The Morgan fingerprint density at radius 2 is 1.82 bits per heavy atom. The average Bonchev–Trinajstić information content (AvgIpc) is 2.79. The zero-order valence-corrected chi connectivity index (χ0v) is 20.2. The lowest BCUT2D eigenvalue weighted by Gasteiger charge is -2.14. The molecule has 0 aliphatic rings. The number of carbonyl (C=O) groups is 1. The third-order valence-electron chi connectivity index (χ3n) is 4.75. The zero-order chi connectivity index (χ0) is 24.0. The lowest BCUT2D eigenvalue weighted by atomic mass is 10.1. The minimum Gasteiger partial charge on any atom is -0.493 e. The van der Waals surface area contributed by atoms with Crippen molar-refractivity contribution in [2.75, 3.05) is 26.6 Å². The molecule has 1 amide bonds. The molecule has 0 aliphatic carbocycles. The number of nitrogens with one attached hydrogen (secondary N) is 2. The molecule has 0 fully saturated rings. The summed E-state index contributed by atoms with van der Waals surface area (Å²) in [6.45, 7) is 1.71. The number of nitrogens with zero attached hydrogens (tertiary/aromatic N) is 1. The van der Waals surface area contributed by atoms with E-state index in [0.29, 0.717) is 50.1 Å². The van der Waals surface area contributed by atoms with E-state index in [-0.39, 0.29) is 17.9 Å². The number of amides is 1. The maximum absolute atomic E-state index is 12.6. The van der Waals surface area contributed by atoms with Crippen LogP contribution < -0.4 is 25.1 Å². The number of hydrogen-bond donors (Lipinski definition) is 2. The Bertz CT molecular complexity index is 1190. The third-order valence-corrected chi connectivity index (χ3v) is 5.93. The van der Waals surface area contributed by atoms with Crippen molar-refractivity contribution in [1.82, 2.24) is 9.97 Å². The summed E-state index contributed by atoms with van der Waals surface area (Å²) in [6, 6.07) is 10.7. The highest BCUT2D eigenvalue weighted by atomic mass is 35.5. The fraction of sp³-hybridized carbons (Fsp3) is 0.261. The van der Waals surface area contributed by atoms with Crippen molar-refractivity contribution in [3.8, 4) is 17.2 Å². The Labute approximate surface area is 200 Å². The van der Waals surface area contributed by atoms with Crippen molar-refractivity contribution in [1.29, 1.82) is 0 Å². The second-order valence-electron chi connectivity index (χ2n) is 6.99. The molecular weight excluding hydrogens is 466 g/mol. The quantitative estimate of drug-likeness (QED) is 0.342. The number of anilines is 1. The van der Waals surface area contributed by atoms with Crippen molar-refractivity contribution in [2.24, 2.45) is 0 Å². The second-order valence-corrected chi connectivity index (χ2v) is 8.39. The van der Waals surface area contributed by atoms with Gasteiger partial charge in [0, 0.05) is 39.9 Å². The van der Waals surface area contributed by atoms with E-state index in [1.807, 2.05) is 18.2 Å². The van der Waals surface area contributed by atoms with Crippen molar-refractivity contribution in [3.05, 3.63) is 68.6 Å². The fourth-order valence-electron chi connectivity index (χ4n) is 3.16. The highest BCUT2D eigenvalue weighted by Gasteiger charge is 2.17. The molecule has 0 saturated carbocycles. The molecule has 8 nitrogen and oxygen atoms in total. The van der Waals surface area contributed by atoms with E-state index >= 15 is 0 Å². The van der Waals surface area contributed by atoms with E-state index < -0.39 is 0 Å². The van der Waals surface area contributed by atoms with Gasteiger partial charge in [0.2, 0.25) is 11.7 Å². The predicted octanol–water partition coefficient (Wildman–Crippen LogP) is 4.23. The van der Waals surface area contributed by atoms with Crippen molar-refractivity contribution in [3.63, 3.8) is 0 Å². The topological polar surface area (TPSA) is 103 Å². The molecule has 2 aromatic carbocycles. The molecule has 0 bridgehead atoms. The Morgan fingerprint density at radius 1 is 1.12 bits per heavy atom. The van der Waals surface area contributed by atoms with Crippen LogP contribution in [0.15, 0.2) is 46.3 Å². The smallest absolute Gasteiger partial charge is 0.255 e. The molecule has 2 N–H and O–H groups in total. The van der Waals surface area contributed by atoms with E-state index in [9.17, 15) is 9.59 Å². The number of halogens is 1. The molecule has 1 aromatic heterocycles. The van der Waals surface area contributed by atoms with Crippen molar-refractivity contribution >= 4 is 35.0 Å². The molecule has 3 rings (SSSR count). The summed E-state index contributed by atoms with van der Waals surface area (Å²) >= 11 is 7.40. The lowest BCUT2D eigenvalue weighted by Crippen LogP contribution is -2.23. The third kappa shape index (κ3) is 6.21. The molecular formula is C23H24ClN3O5S. The summed E-state index contributed by atoms with van der Waals surface area (Å²) in [4.78, 5) is 32.5. The van der Waals surface area contributed by atoms with E-state index in [1.54, 1.807) is 25.1 Å². The maximum Gasteiger partial charge on any atom is 0.255 e. The van der Waals surface area contributed by atoms with Crippen LogP contribution >= 0.6 is 23.4 Å². The second kappa shape index (κ2) is 11.1. The largest absolute Gasteiger partial charge is 0.493 e. The summed E-state index contributed by atoms with van der Waals surface area (Å²) in [5.74, 6) is 1.45.